The van der Waals surface area contributed by atoms with E-state index in [1.807, 2.05) is 20.8 Å². The molecule has 0 radical (unpaired) electrons. The molecule has 0 saturated heterocycles. The standard InChI is InChI=1S/C31H41ClN4O8/c1-29(2,3)34-28(43)30(4,5)36(8)12-14-11-17(37)19-15(21(14)32)9-13-10-16-22(35(6)7)24(39)20(27(33)42)26(41)31(16,44)25(40)18(13)23(19)38/h11,13,16,22,37,39-40,44H,9-10,12H2,1-8H3,(H2,33,42)(H,34,43)/t13-,16-,22-,31-/m0/s1. The number of ketones is 2. The Labute approximate surface area is 261 Å². The summed E-state index contributed by atoms with van der Waals surface area (Å²) in [6, 6.07) is 0.233. The van der Waals surface area contributed by atoms with Gasteiger partial charge in [-0.05, 0) is 91.7 Å². The highest BCUT2D eigenvalue weighted by Gasteiger charge is 2.63. The normalized spacial score (nSPS) is 25.7. The van der Waals surface area contributed by atoms with Crippen molar-refractivity contribution in [3.05, 3.63) is 50.4 Å². The van der Waals surface area contributed by atoms with E-state index in [4.69, 9.17) is 17.3 Å². The number of carbonyl (C=O) groups is 4. The zero-order valence-electron chi connectivity index (χ0n) is 26.2. The lowest BCUT2D eigenvalue weighted by molar-refractivity contribution is -0.148. The van der Waals surface area contributed by atoms with Crippen molar-refractivity contribution in [1.29, 1.82) is 0 Å². The van der Waals surface area contributed by atoms with Crippen LogP contribution in [0.5, 0.6) is 5.75 Å². The number of amides is 2. The second kappa shape index (κ2) is 10.9. The Kier molecular flexibility index (Phi) is 8.26. The molecule has 1 aromatic rings. The second-order valence-corrected chi connectivity index (χ2v) is 14.2. The maximum atomic E-state index is 13.9. The lowest BCUT2D eigenvalue weighted by atomic mass is 9.58. The lowest BCUT2D eigenvalue weighted by Gasteiger charge is -2.50. The third-order valence-electron chi connectivity index (χ3n) is 9.14. The van der Waals surface area contributed by atoms with Crippen LogP contribution in [-0.4, -0.2) is 97.5 Å². The van der Waals surface area contributed by atoms with E-state index >= 15 is 0 Å². The first-order valence-corrected chi connectivity index (χ1v) is 14.7. The zero-order chi connectivity index (χ0) is 33.4. The minimum absolute atomic E-state index is 0.0486. The average Bonchev–Trinajstić information content (AvgIpc) is 2.87. The van der Waals surface area contributed by atoms with Crippen molar-refractivity contribution < 1.29 is 39.6 Å². The van der Waals surface area contributed by atoms with Gasteiger partial charge in [-0.2, -0.15) is 0 Å². The topological polar surface area (TPSA) is 194 Å². The van der Waals surface area contributed by atoms with E-state index in [-0.39, 0.29) is 41.5 Å². The van der Waals surface area contributed by atoms with Crippen LogP contribution >= 0.6 is 11.6 Å². The minimum Gasteiger partial charge on any atom is -0.510 e. The fourth-order valence-corrected chi connectivity index (χ4v) is 6.87. The Balaban J connectivity index is 1.79. The molecule has 4 rings (SSSR count). The summed E-state index contributed by atoms with van der Waals surface area (Å²) < 4.78 is 0. The van der Waals surface area contributed by atoms with Gasteiger partial charge in [-0.3, -0.25) is 29.0 Å². The largest absolute Gasteiger partial charge is 0.510 e. The number of hydrogen-bond acceptors (Lipinski definition) is 10. The van der Waals surface area contributed by atoms with Gasteiger partial charge in [0.25, 0.3) is 5.91 Å². The number of hydrogen-bond donors (Lipinski definition) is 6. The van der Waals surface area contributed by atoms with Crippen LogP contribution in [0.4, 0.5) is 0 Å². The first kappa shape index (κ1) is 33.4. The number of fused-ring (bicyclic) bond motifs is 3. The van der Waals surface area contributed by atoms with Gasteiger partial charge in [0.2, 0.25) is 11.7 Å². The molecule has 0 aliphatic heterocycles. The van der Waals surface area contributed by atoms with Crippen molar-refractivity contribution in [1.82, 2.24) is 15.1 Å². The molecular formula is C31H41ClN4O8. The number of allylic oxidation sites excluding steroid dienone is 1. The number of phenols is 1. The van der Waals surface area contributed by atoms with E-state index in [2.05, 4.69) is 5.32 Å². The van der Waals surface area contributed by atoms with E-state index in [0.717, 1.165) is 0 Å². The second-order valence-electron chi connectivity index (χ2n) is 13.8. The maximum Gasteiger partial charge on any atom is 0.255 e. The molecule has 7 N–H and O–H groups in total. The van der Waals surface area contributed by atoms with Crippen molar-refractivity contribution in [2.45, 2.75) is 76.7 Å². The summed E-state index contributed by atoms with van der Waals surface area (Å²) in [5.41, 5.74) is 0.713. The Morgan fingerprint density at radius 1 is 1.11 bits per heavy atom. The quantitative estimate of drug-likeness (QED) is 0.252. The van der Waals surface area contributed by atoms with Crippen LogP contribution < -0.4 is 11.1 Å². The highest BCUT2D eigenvalue weighted by molar-refractivity contribution is 6.33. The van der Waals surface area contributed by atoms with E-state index in [1.54, 1.807) is 39.9 Å². The number of nitrogens with one attached hydrogen (secondary N) is 1. The maximum absolute atomic E-state index is 13.9. The van der Waals surface area contributed by atoms with Gasteiger partial charge in [0.1, 0.15) is 22.8 Å². The Hall–Kier alpha value is -3.45. The molecule has 0 fully saturated rings. The highest BCUT2D eigenvalue weighted by atomic mass is 35.5. The molecule has 240 valence electrons. The Bertz CT molecular complexity index is 1540. The summed E-state index contributed by atoms with van der Waals surface area (Å²) in [7, 11) is 4.87. The molecule has 13 heteroatoms. The van der Waals surface area contributed by atoms with Crippen LogP contribution in [0.3, 0.4) is 0 Å². The van der Waals surface area contributed by atoms with Crippen LogP contribution in [0, 0.1) is 11.8 Å². The number of aliphatic hydroxyl groups excluding tert-OH is 2. The zero-order valence-corrected chi connectivity index (χ0v) is 27.0. The number of phenolic OH excluding ortho intramolecular Hbond substituents is 1. The van der Waals surface area contributed by atoms with Crippen LogP contribution in [-0.2, 0) is 27.3 Å². The SMILES string of the molecule is CN(C)[C@@H]1C(O)=C(C(N)=O)C(=O)[C@@]2(O)C(O)=C3C(=O)c4c(O)cc(CN(C)C(C)(C)C(=O)NC(C)(C)C)c(Cl)c4C[C@H]3C[C@@H]12. The number of primary amides is 1. The summed E-state index contributed by atoms with van der Waals surface area (Å²) in [6.45, 7) is 9.29. The fraction of sp³-hybridized carbons (Fsp3) is 0.548. The molecule has 0 spiro atoms. The van der Waals surface area contributed by atoms with Crippen LogP contribution in [0.2, 0.25) is 5.02 Å². The predicted molar refractivity (Wildman–Crippen MR) is 162 cm³/mol. The number of benzene rings is 1. The van der Waals surface area contributed by atoms with Gasteiger partial charge < -0.3 is 31.5 Å². The molecule has 0 saturated carbocycles. The third kappa shape index (κ3) is 5.07. The minimum atomic E-state index is -2.72. The number of carbonyl (C=O) groups excluding carboxylic acids is 4. The highest BCUT2D eigenvalue weighted by Crippen LogP contribution is 2.53. The molecule has 3 aliphatic rings. The Morgan fingerprint density at radius 3 is 2.23 bits per heavy atom. The summed E-state index contributed by atoms with van der Waals surface area (Å²) in [4.78, 5) is 55.7. The molecule has 1 aromatic carbocycles. The molecule has 0 heterocycles. The number of rotatable bonds is 6. The first-order chi connectivity index (χ1) is 20.1. The first-order valence-electron chi connectivity index (χ1n) is 14.3. The van der Waals surface area contributed by atoms with Crippen LogP contribution in [0.25, 0.3) is 0 Å². The summed E-state index contributed by atoms with van der Waals surface area (Å²) in [5, 5.41) is 48.3. The smallest absolute Gasteiger partial charge is 0.255 e. The molecular weight excluding hydrogens is 592 g/mol. The predicted octanol–water partition coefficient (Wildman–Crippen LogP) is 1.90. The molecule has 2 amide bonds. The van der Waals surface area contributed by atoms with Gasteiger partial charge in [0.05, 0.1) is 17.1 Å². The van der Waals surface area contributed by atoms with Gasteiger partial charge in [0.15, 0.2) is 11.4 Å². The number of halogens is 1. The van der Waals surface area contributed by atoms with Crippen molar-refractivity contribution >= 4 is 35.0 Å². The van der Waals surface area contributed by atoms with Crippen LogP contribution in [0.15, 0.2) is 28.7 Å². The van der Waals surface area contributed by atoms with Crippen molar-refractivity contribution in [3.63, 3.8) is 0 Å². The molecule has 44 heavy (non-hydrogen) atoms. The summed E-state index contributed by atoms with van der Waals surface area (Å²) in [6.07, 6.45) is 0.0133. The van der Waals surface area contributed by atoms with Crippen molar-refractivity contribution in [3.8, 4) is 5.75 Å². The number of Topliss-reactive ketones (excluding diaryl/α,β-unsaturated/α-hetero) is 2. The van der Waals surface area contributed by atoms with Crippen LogP contribution in [0.1, 0.15) is 62.5 Å². The monoisotopic (exact) mass is 632 g/mol. The van der Waals surface area contributed by atoms with Gasteiger partial charge in [-0.1, -0.05) is 11.6 Å². The Morgan fingerprint density at radius 2 is 1.70 bits per heavy atom. The van der Waals surface area contributed by atoms with Gasteiger partial charge in [0, 0.05) is 28.6 Å². The molecule has 0 bridgehead atoms. The molecule has 4 atom stereocenters. The molecule has 0 aromatic heterocycles. The number of aliphatic hydroxyl groups is 3. The van der Waals surface area contributed by atoms with Gasteiger partial charge >= 0.3 is 0 Å². The third-order valence-corrected chi connectivity index (χ3v) is 9.61. The molecule has 3 aliphatic carbocycles. The number of nitrogens with two attached hydrogens (primary N) is 1. The van der Waals surface area contributed by atoms with Crippen molar-refractivity contribution in [2.24, 2.45) is 17.6 Å². The van der Waals surface area contributed by atoms with E-state index < -0.39 is 74.9 Å². The van der Waals surface area contributed by atoms with Gasteiger partial charge in [-0.15, -0.1) is 0 Å². The average molecular weight is 633 g/mol. The summed E-state index contributed by atoms with van der Waals surface area (Å²) in [5.74, 6) is -7.51. The molecule has 12 nitrogen and oxygen atoms in total. The number of aromatic hydroxyl groups is 1. The van der Waals surface area contributed by atoms with E-state index in [9.17, 15) is 39.6 Å². The van der Waals surface area contributed by atoms with E-state index in [1.165, 1.54) is 11.0 Å². The van der Waals surface area contributed by atoms with E-state index in [0.29, 0.717) is 11.1 Å². The van der Waals surface area contributed by atoms with Crippen molar-refractivity contribution in [2.75, 3.05) is 21.1 Å². The number of nitrogens with zero attached hydrogens (tertiary/aromatic N) is 2. The lowest BCUT2D eigenvalue weighted by Crippen LogP contribution is -2.63. The van der Waals surface area contributed by atoms with Gasteiger partial charge in [-0.25, -0.2) is 0 Å². The molecule has 0 unspecified atom stereocenters. The summed E-state index contributed by atoms with van der Waals surface area (Å²) >= 11 is 6.88. The number of likely N-dealkylation sites (N-methyl/N-ethyl adjacent to an activating group) is 2. The fourth-order valence-electron chi connectivity index (χ4n) is 6.59.